The minimum absolute atomic E-state index is 0.133. The molecule has 1 aliphatic rings. The molecule has 17 heavy (non-hydrogen) atoms. The molecule has 0 atom stereocenters. The fourth-order valence-corrected chi connectivity index (χ4v) is 2.44. The SMILES string of the molecule is CCN1C(=O)S/C(=C\c2cccc(O)c2)C1=O. The van der Waals surface area contributed by atoms with Gasteiger partial charge in [-0.3, -0.25) is 14.5 Å². The van der Waals surface area contributed by atoms with Crippen LogP contribution in [0, 0.1) is 0 Å². The molecule has 0 saturated carbocycles. The van der Waals surface area contributed by atoms with E-state index in [1.807, 2.05) is 0 Å². The zero-order valence-corrected chi connectivity index (χ0v) is 10.0. The second-order valence-corrected chi connectivity index (χ2v) is 4.51. The Balaban J connectivity index is 2.30. The first-order chi connectivity index (χ1) is 8.11. The van der Waals surface area contributed by atoms with Crippen LogP contribution in [0.5, 0.6) is 5.75 Å². The number of carbonyl (C=O) groups excluding carboxylic acids is 2. The van der Waals surface area contributed by atoms with Gasteiger partial charge in [0.2, 0.25) is 0 Å². The zero-order chi connectivity index (χ0) is 12.4. The average Bonchev–Trinajstić information content (AvgIpc) is 2.54. The number of aromatic hydroxyl groups is 1. The first-order valence-corrected chi connectivity index (χ1v) is 5.98. The highest BCUT2D eigenvalue weighted by atomic mass is 32.2. The quantitative estimate of drug-likeness (QED) is 0.818. The Labute approximate surface area is 103 Å². The van der Waals surface area contributed by atoms with E-state index in [1.54, 1.807) is 37.3 Å². The molecule has 0 spiro atoms. The van der Waals surface area contributed by atoms with Crippen LogP contribution < -0.4 is 0 Å². The van der Waals surface area contributed by atoms with Crippen LogP contribution in [-0.2, 0) is 4.79 Å². The number of carbonyl (C=O) groups is 2. The lowest BCUT2D eigenvalue weighted by atomic mass is 10.2. The van der Waals surface area contributed by atoms with E-state index in [-0.39, 0.29) is 16.9 Å². The smallest absolute Gasteiger partial charge is 0.293 e. The molecule has 1 aliphatic heterocycles. The van der Waals surface area contributed by atoms with E-state index in [9.17, 15) is 14.7 Å². The minimum Gasteiger partial charge on any atom is -0.508 e. The second-order valence-electron chi connectivity index (χ2n) is 3.52. The maximum atomic E-state index is 11.8. The van der Waals surface area contributed by atoms with Crippen LogP contribution in [-0.4, -0.2) is 27.7 Å². The van der Waals surface area contributed by atoms with E-state index in [1.165, 1.54) is 4.90 Å². The number of hydrogen-bond acceptors (Lipinski definition) is 4. The summed E-state index contributed by atoms with van der Waals surface area (Å²) in [7, 11) is 0. The number of rotatable bonds is 2. The molecule has 1 heterocycles. The summed E-state index contributed by atoms with van der Waals surface area (Å²) in [5.41, 5.74) is 0.701. The van der Waals surface area contributed by atoms with E-state index in [0.717, 1.165) is 11.8 Å². The normalized spacial score (nSPS) is 18.2. The molecule has 2 rings (SSSR count). The number of likely N-dealkylation sites (N-methyl/N-ethyl adjacent to an activating group) is 1. The summed E-state index contributed by atoms with van der Waals surface area (Å²) in [6, 6.07) is 6.54. The van der Waals surface area contributed by atoms with E-state index >= 15 is 0 Å². The van der Waals surface area contributed by atoms with Crippen molar-refractivity contribution in [3.05, 3.63) is 34.7 Å². The van der Waals surface area contributed by atoms with Gasteiger partial charge in [-0.1, -0.05) is 12.1 Å². The lowest BCUT2D eigenvalue weighted by molar-refractivity contribution is -0.122. The first-order valence-electron chi connectivity index (χ1n) is 5.16. The van der Waals surface area contributed by atoms with Crippen molar-refractivity contribution in [1.29, 1.82) is 0 Å². The molecular weight excluding hydrogens is 238 g/mol. The van der Waals surface area contributed by atoms with Crippen molar-refractivity contribution < 1.29 is 14.7 Å². The fourth-order valence-electron chi connectivity index (χ4n) is 1.54. The van der Waals surface area contributed by atoms with Gasteiger partial charge in [0, 0.05) is 6.54 Å². The zero-order valence-electron chi connectivity index (χ0n) is 9.21. The number of benzene rings is 1. The van der Waals surface area contributed by atoms with Crippen molar-refractivity contribution in [2.45, 2.75) is 6.92 Å². The lowest BCUT2D eigenvalue weighted by Crippen LogP contribution is -2.27. The minimum atomic E-state index is -0.272. The summed E-state index contributed by atoms with van der Waals surface area (Å²) in [5, 5.41) is 9.06. The van der Waals surface area contributed by atoms with Crippen LogP contribution in [0.2, 0.25) is 0 Å². The van der Waals surface area contributed by atoms with Crippen molar-refractivity contribution in [2.75, 3.05) is 6.54 Å². The molecule has 1 aromatic carbocycles. The number of hydrogen-bond donors (Lipinski definition) is 1. The Bertz CT molecular complexity index is 510. The summed E-state index contributed by atoms with van der Waals surface area (Å²) in [6.45, 7) is 2.13. The Hall–Kier alpha value is -1.75. The Kier molecular flexibility index (Phi) is 3.19. The predicted molar refractivity (Wildman–Crippen MR) is 66.5 cm³/mol. The van der Waals surface area contributed by atoms with Gasteiger partial charge >= 0.3 is 0 Å². The highest BCUT2D eigenvalue weighted by Gasteiger charge is 2.33. The van der Waals surface area contributed by atoms with E-state index in [4.69, 9.17) is 0 Å². The Morgan fingerprint density at radius 2 is 2.18 bits per heavy atom. The molecule has 1 saturated heterocycles. The van der Waals surface area contributed by atoms with E-state index in [2.05, 4.69) is 0 Å². The lowest BCUT2D eigenvalue weighted by Gasteiger charge is -2.06. The first kappa shape index (κ1) is 11.7. The van der Waals surface area contributed by atoms with Gasteiger partial charge in [-0.15, -0.1) is 0 Å². The number of phenolic OH excluding ortho intramolecular Hbond substituents is 1. The maximum absolute atomic E-state index is 11.8. The molecule has 0 bridgehead atoms. The monoisotopic (exact) mass is 249 g/mol. The fraction of sp³-hybridized carbons (Fsp3) is 0.167. The Morgan fingerprint density at radius 3 is 2.76 bits per heavy atom. The molecule has 1 fully saturated rings. The molecule has 1 aromatic rings. The van der Waals surface area contributed by atoms with Crippen molar-refractivity contribution in [1.82, 2.24) is 4.90 Å². The number of imide groups is 1. The van der Waals surface area contributed by atoms with Crippen molar-refractivity contribution >= 4 is 29.0 Å². The molecule has 88 valence electrons. The van der Waals surface area contributed by atoms with Gasteiger partial charge in [0.25, 0.3) is 11.1 Å². The number of thioether (sulfide) groups is 1. The van der Waals surface area contributed by atoms with Crippen molar-refractivity contribution in [3.63, 3.8) is 0 Å². The van der Waals surface area contributed by atoms with Crippen LogP contribution in [0.3, 0.4) is 0 Å². The van der Waals surface area contributed by atoms with Gasteiger partial charge in [-0.2, -0.15) is 0 Å². The summed E-state index contributed by atoms with van der Waals surface area (Å²) in [4.78, 5) is 24.8. The van der Waals surface area contributed by atoms with E-state index < -0.39 is 0 Å². The standard InChI is InChI=1S/C12H11NO3S/c1-2-13-11(15)10(17-12(13)16)7-8-4-3-5-9(14)6-8/h3-7,14H,2H2,1H3/b10-7-. The van der Waals surface area contributed by atoms with Crippen LogP contribution in [0.25, 0.3) is 6.08 Å². The molecule has 2 amide bonds. The third kappa shape index (κ3) is 2.34. The van der Waals surface area contributed by atoms with Crippen LogP contribution in [0.15, 0.2) is 29.2 Å². The molecule has 0 radical (unpaired) electrons. The predicted octanol–water partition coefficient (Wildman–Crippen LogP) is 2.45. The van der Waals surface area contributed by atoms with Gasteiger partial charge in [0.05, 0.1) is 4.91 Å². The summed E-state index contributed by atoms with van der Waals surface area (Å²) in [5.74, 6) is -0.140. The summed E-state index contributed by atoms with van der Waals surface area (Å²) < 4.78 is 0. The third-order valence-corrected chi connectivity index (χ3v) is 3.27. The third-order valence-electron chi connectivity index (χ3n) is 2.36. The van der Waals surface area contributed by atoms with Crippen LogP contribution in [0.4, 0.5) is 4.79 Å². The van der Waals surface area contributed by atoms with Gasteiger partial charge in [0.1, 0.15) is 5.75 Å². The topological polar surface area (TPSA) is 57.6 Å². The van der Waals surface area contributed by atoms with E-state index in [0.29, 0.717) is 17.0 Å². The Morgan fingerprint density at radius 1 is 1.41 bits per heavy atom. The number of amides is 2. The molecule has 5 heteroatoms. The molecule has 1 N–H and O–H groups in total. The van der Waals surface area contributed by atoms with Crippen molar-refractivity contribution in [2.24, 2.45) is 0 Å². The highest BCUT2D eigenvalue weighted by Crippen LogP contribution is 2.32. The van der Waals surface area contributed by atoms with Crippen molar-refractivity contribution in [3.8, 4) is 5.75 Å². The average molecular weight is 249 g/mol. The van der Waals surface area contributed by atoms with Gasteiger partial charge in [-0.05, 0) is 42.5 Å². The number of phenols is 1. The molecule has 4 nitrogen and oxygen atoms in total. The summed E-state index contributed by atoms with van der Waals surface area (Å²) >= 11 is 0.924. The molecule has 0 unspecified atom stereocenters. The van der Waals surface area contributed by atoms with Gasteiger partial charge < -0.3 is 5.11 Å². The molecule has 0 aliphatic carbocycles. The number of nitrogens with zero attached hydrogens (tertiary/aromatic N) is 1. The second kappa shape index (κ2) is 4.63. The largest absolute Gasteiger partial charge is 0.508 e. The molecule has 0 aromatic heterocycles. The van der Waals surface area contributed by atoms with Crippen LogP contribution >= 0.6 is 11.8 Å². The highest BCUT2D eigenvalue weighted by molar-refractivity contribution is 8.18. The van der Waals surface area contributed by atoms with Crippen LogP contribution in [0.1, 0.15) is 12.5 Å². The van der Waals surface area contributed by atoms with Gasteiger partial charge in [-0.25, -0.2) is 0 Å². The summed E-state index contributed by atoms with van der Waals surface area (Å²) in [6.07, 6.45) is 1.61. The maximum Gasteiger partial charge on any atom is 0.293 e. The molecular formula is C12H11NO3S. The van der Waals surface area contributed by atoms with Gasteiger partial charge in [0.15, 0.2) is 0 Å².